The Labute approximate surface area is 113 Å². The number of carboxylic acid groups (broad SMARTS) is 1. The lowest BCUT2D eigenvalue weighted by molar-refractivity contribution is 0.0695. The minimum Gasteiger partial charge on any atom is -0.478 e. The third kappa shape index (κ3) is 3.54. The number of carbonyl (C=O) groups is 1. The van der Waals surface area contributed by atoms with Crippen molar-refractivity contribution in [3.05, 3.63) is 17.5 Å². The van der Waals surface area contributed by atoms with Gasteiger partial charge in [0.15, 0.2) is 0 Å². The van der Waals surface area contributed by atoms with Gasteiger partial charge in [0.05, 0.1) is 11.9 Å². The van der Waals surface area contributed by atoms with Crippen LogP contribution in [-0.4, -0.2) is 39.1 Å². The molecule has 0 aliphatic rings. The lowest BCUT2D eigenvalue weighted by Crippen LogP contribution is -2.36. The minimum absolute atomic E-state index is 0.129. The monoisotopic (exact) mass is 269 g/mol. The van der Waals surface area contributed by atoms with Crippen LogP contribution in [0.15, 0.2) is 6.20 Å². The van der Waals surface area contributed by atoms with Crippen molar-refractivity contribution in [2.75, 3.05) is 13.2 Å². The molecule has 0 spiro atoms. The smallest absolute Gasteiger partial charge is 0.339 e. The molecule has 0 unspecified atom stereocenters. The van der Waals surface area contributed by atoms with Crippen molar-refractivity contribution in [3.63, 3.8) is 0 Å². The van der Waals surface area contributed by atoms with E-state index in [4.69, 9.17) is 5.11 Å². The molecule has 1 heterocycles. The van der Waals surface area contributed by atoms with E-state index in [1.165, 1.54) is 6.20 Å². The molecule has 0 atom stereocenters. The molecule has 1 aromatic rings. The number of aryl methyl sites for hydroxylation is 1. The summed E-state index contributed by atoms with van der Waals surface area (Å²) < 4.78 is 1.56. The van der Waals surface area contributed by atoms with Crippen LogP contribution in [0.2, 0.25) is 0 Å². The fourth-order valence-electron chi connectivity index (χ4n) is 2.08. The van der Waals surface area contributed by atoms with Crippen LogP contribution in [0, 0.1) is 5.41 Å². The Bertz CT molecular complexity index is 417. The van der Waals surface area contributed by atoms with Crippen LogP contribution in [0.25, 0.3) is 0 Å². The van der Waals surface area contributed by atoms with Crippen molar-refractivity contribution >= 4 is 5.97 Å². The number of aromatic carboxylic acids is 1. The van der Waals surface area contributed by atoms with E-state index in [0.717, 1.165) is 12.8 Å². The van der Waals surface area contributed by atoms with E-state index in [9.17, 15) is 9.90 Å². The van der Waals surface area contributed by atoms with Gasteiger partial charge in [0.25, 0.3) is 0 Å². The number of aliphatic hydroxyl groups excluding tert-OH is 1. The highest BCUT2D eigenvalue weighted by Gasteiger charge is 2.25. The summed E-state index contributed by atoms with van der Waals surface area (Å²) in [6.07, 6.45) is 3.12. The number of aliphatic hydroxyl groups is 1. The van der Waals surface area contributed by atoms with Gasteiger partial charge in [-0.2, -0.15) is 5.10 Å². The van der Waals surface area contributed by atoms with Crippen LogP contribution in [0.5, 0.6) is 0 Å². The van der Waals surface area contributed by atoms with Crippen molar-refractivity contribution in [3.8, 4) is 0 Å². The SMILES string of the molecule is CCC(CC)(CO)CNCc1c(C(=O)O)cnn1C. The quantitative estimate of drug-likeness (QED) is 0.655. The number of rotatable bonds is 8. The summed E-state index contributed by atoms with van der Waals surface area (Å²) in [7, 11) is 1.72. The molecule has 0 aliphatic heterocycles. The van der Waals surface area contributed by atoms with Gasteiger partial charge in [-0.05, 0) is 12.8 Å². The molecular formula is C13H23N3O3. The van der Waals surface area contributed by atoms with E-state index in [0.29, 0.717) is 18.8 Å². The maximum Gasteiger partial charge on any atom is 0.339 e. The van der Waals surface area contributed by atoms with E-state index in [-0.39, 0.29) is 17.6 Å². The second-order valence-electron chi connectivity index (χ2n) is 4.90. The number of carboxylic acids is 1. The van der Waals surface area contributed by atoms with Gasteiger partial charge in [-0.1, -0.05) is 13.8 Å². The first kappa shape index (κ1) is 15.7. The summed E-state index contributed by atoms with van der Waals surface area (Å²) in [5, 5.41) is 25.7. The van der Waals surface area contributed by atoms with Crippen LogP contribution in [-0.2, 0) is 13.6 Å². The predicted molar refractivity (Wildman–Crippen MR) is 72.0 cm³/mol. The van der Waals surface area contributed by atoms with Gasteiger partial charge in [-0.25, -0.2) is 4.79 Å². The van der Waals surface area contributed by atoms with E-state index in [1.807, 2.05) is 13.8 Å². The zero-order valence-electron chi connectivity index (χ0n) is 11.8. The lowest BCUT2D eigenvalue weighted by atomic mass is 9.83. The van der Waals surface area contributed by atoms with E-state index in [2.05, 4.69) is 10.4 Å². The first-order valence-corrected chi connectivity index (χ1v) is 6.55. The Morgan fingerprint density at radius 3 is 2.58 bits per heavy atom. The molecule has 0 aromatic carbocycles. The average Bonchev–Trinajstić information content (AvgIpc) is 2.77. The molecule has 3 N–H and O–H groups in total. The van der Waals surface area contributed by atoms with Gasteiger partial charge in [0.1, 0.15) is 5.56 Å². The Morgan fingerprint density at radius 2 is 2.11 bits per heavy atom. The number of hydrogen-bond donors (Lipinski definition) is 3. The highest BCUT2D eigenvalue weighted by atomic mass is 16.4. The Balaban J connectivity index is 2.67. The number of hydrogen-bond acceptors (Lipinski definition) is 4. The molecule has 19 heavy (non-hydrogen) atoms. The Kier molecular flexibility index (Phi) is 5.50. The Hall–Kier alpha value is -1.40. The van der Waals surface area contributed by atoms with Crippen molar-refractivity contribution < 1.29 is 15.0 Å². The standard InChI is InChI=1S/C13H23N3O3/c1-4-13(5-2,9-17)8-14-7-11-10(12(18)19)6-15-16(11)3/h6,14,17H,4-5,7-9H2,1-3H3,(H,18,19). The van der Waals surface area contributed by atoms with Gasteiger partial charge in [0.2, 0.25) is 0 Å². The summed E-state index contributed by atoms with van der Waals surface area (Å²) in [6.45, 7) is 5.31. The fraction of sp³-hybridized carbons (Fsp3) is 0.692. The highest BCUT2D eigenvalue weighted by Crippen LogP contribution is 2.24. The van der Waals surface area contributed by atoms with Crippen LogP contribution >= 0.6 is 0 Å². The first-order chi connectivity index (χ1) is 8.99. The highest BCUT2D eigenvalue weighted by molar-refractivity contribution is 5.88. The minimum atomic E-state index is -0.968. The molecule has 0 bridgehead atoms. The van der Waals surface area contributed by atoms with Gasteiger partial charge in [-0.15, -0.1) is 0 Å². The molecule has 0 radical (unpaired) electrons. The molecule has 108 valence electrons. The van der Waals surface area contributed by atoms with Crippen LogP contribution in [0.3, 0.4) is 0 Å². The maximum atomic E-state index is 11.0. The molecular weight excluding hydrogens is 246 g/mol. The molecule has 0 saturated carbocycles. The van der Waals surface area contributed by atoms with Gasteiger partial charge in [-0.3, -0.25) is 4.68 Å². The van der Waals surface area contributed by atoms with Gasteiger partial charge in [0, 0.05) is 32.2 Å². The fourth-order valence-corrected chi connectivity index (χ4v) is 2.08. The second-order valence-corrected chi connectivity index (χ2v) is 4.90. The summed E-state index contributed by atoms with van der Waals surface area (Å²) in [5.41, 5.74) is 0.728. The van der Waals surface area contributed by atoms with Gasteiger partial charge >= 0.3 is 5.97 Å². The number of aromatic nitrogens is 2. The molecule has 1 rings (SSSR count). The molecule has 0 fully saturated rings. The number of nitrogens with one attached hydrogen (secondary N) is 1. The second kappa shape index (κ2) is 6.68. The molecule has 6 nitrogen and oxygen atoms in total. The normalized spacial score (nSPS) is 11.8. The third-order valence-corrected chi connectivity index (χ3v) is 3.92. The molecule has 0 saturated heterocycles. The maximum absolute atomic E-state index is 11.0. The van der Waals surface area contributed by atoms with Crippen LogP contribution in [0.1, 0.15) is 42.7 Å². The van der Waals surface area contributed by atoms with Gasteiger partial charge < -0.3 is 15.5 Å². The lowest BCUT2D eigenvalue weighted by Gasteiger charge is -2.29. The summed E-state index contributed by atoms with van der Waals surface area (Å²) in [5.74, 6) is -0.968. The van der Waals surface area contributed by atoms with E-state index >= 15 is 0 Å². The summed E-state index contributed by atoms with van der Waals surface area (Å²) >= 11 is 0. The molecule has 0 aliphatic carbocycles. The van der Waals surface area contributed by atoms with E-state index < -0.39 is 5.97 Å². The Morgan fingerprint density at radius 1 is 1.47 bits per heavy atom. The average molecular weight is 269 g/mol. The van der Waals surface area contributed by atoms with E-state index in [1.54, 1.807) is 11.7 Å². The zero-order chi connectivity index (χ0) is 14.5. The summed E-state index contributed by atoms with van der Waals surface area (Å²) in [4.78, 5) is 11.0. The van der Waals surface area contributed by atoms with Crippen molar-refractivity contribution in [2.45, 2.75) is 33.2 Å². The van der Waals surface area contributed by atoms with Crippen molar-refractivity contribution in [1.29, 1.82) is 0 Å². The molecule has 0 amide bonds. The molecule has 6 heteroatoms. The van der Waals surface area contributed by atoms with Crippen LogP contribution < -0.4 is 5.32 Å². The van der Waals surface area contributed by atoms with Crippen molar-refractivity contribution in [1.82, 2.24) is 15.1 Å². The predicted octanol–water partition coefficient (Wildman–Crippen LogP) is 1.01. The zero-order valence-corrected chi connectivity index (χ0v) is 11.8. The number of nitrogens with zero attached hydrogens (tertiary/aromatic N) is 2. The third-order valence-electron chi connectivity index (χ3n) is 3.92. The topological polar surface area (TPSA) is 87.4 Å². The summed E-state index contributed by atoms with van der Waals surface area (Å²) in [6, 6.07) is 0. The van der Waals surface area contributed by atoms with Crippen molar-refractivity contribution in [2.24, 2.45) is 12.5 Å². The first-order valence-electron chi connectivity index (χ1n) is 6.55. The largest absolute Gasteiger partial charge is 0.478 e. The molecule has 1 aromatic heterocycles. The van der Waals surface area contributed by atoms with Crippen LogP contribution in [0.4, 0.5) is 0 Å².